The zero-order chi connectivity index (χ0) is 24.4. The molecule has 0 bridgehead atoms. The molecule has 0 aliphatic heterocycles. The van der Waals surface area contributed by atoms with E-state index in [2.05, 4.69) is 33.9 Å². The van der Waals surface area contributed by atoms with Crippen LogP contribution in [0.1, 0.15) is 58.6 Å². The Morgan fingerprint density at radius 1 is 1.34 bits per heavy atom. The Labute approximate surface area is 203 Å². The van der Waals surface area contributed by atoms with E-state index in [0.717, 1.165) is 34.5 Å². The maximum atomic E-state index is 5.74. The summed E-state index contributed by atoms with van der Waals surface area (Å²) >= 11 is 3.46. The zero-order valence-corrected chi connectivity index (χ0v) is 22.2. The van der Waals surface area contributed by atoms with Crippen LogP contribution in [0.5, 0.6) is 5.88 Å². The molecular weight excluding hydrogens is 472 g/mol. The van der Waals surface area contributed by atoms with Crippen LogP contribution in [-0.2, 0) is 9.47 Å². The summed E-state index contributed by atoms with van der Waals surface area (Å²) in [5.41, 5.74) is 7.49. The van der Waals surface area contributed by atoms with Crippen molar-refractivity contribution in [2.24, 2.45) is 17.5 Å². The van der Waals surface area contributed by atoms with Gasteiger partial charge in [0.25, 0.3) is 0 Å². The molecule has 1 unspecified atom stereocenters. The molecule has 1 aliphatic rings. The summed E-state index contributed by atoms with van der Waals surface area (Å²) in [6.07, 6.45) is 9.34. The Hall–Kier alpha value is -1.45. The number of allylic oxidation sites excluding steroid dienone is 1. The smallest absolute Gasteiger partial charge is 0.219 e. The number of nitrogens with zero attached hydrogens (tertiary/aromatic N) is 2. The van der Waals surface area contributed by atoms with Crippen molar-refractivity contribution < 1.29 is 14.2 Å². The van der Waals surface area contributed by atoms with Crippen LogP contribution in [0, 0.1) is 5.92 Å². The maximum Gasteiger partial charge on any atom is 0.219 e. The summed E-state index contributed by atoms with van der Waals surface area (Å²) in [6, 6.07) is 3.77. The second-order valence-electron chi connectivity index (χ2n) is 7.19. The van der Waals surface area contributed by atoms with Crippen molar-refractivity contribution in [3.05, 3.63) is 46.2 Å². The van der Waals surface area contributed by atoms with Gasteiger partial charge in [-0.05, 0) is 49.8 Å². The van der Waals surface area contributed by atoms with Gasteiger partial charge in [-0.25, -0.2) is 10.8 Å². The Kier molecular flexibility index (Phi) is 18.2. The van der Waals surface area contributed by atoms with Gasteiger partial charge in [0.15, 0.2) is 0 Å². The van der Waals surface area contributed by atoms with Crippen LogP contribution in [0.15, 0.2) is 40.7 Å². The first-order valence-electron chi connectivity index (χ1n) is 11.3. The molecule has 0 radical (unpaired) electrons. The predicted molar refractivity (Wildman–Crippen MR) is 136 cm³/mol. The third-order valence-electron chi connectivity index (χ3n) is 4.55. The zero-order valence-electron chi connectivity index (χ0n) is 20.6. The largest absolute Gasteiger partial charge is 0.472 e. The molecule has 1 aliphatic carbocycles. The maximum absolute atomic E-state index is 5.74. The Morgan fingerprint density at radius 3 is 2.56 bits per heavy atom. The highest BCUT2D eigenvalue weighted by molar-refractivity contribution is 9.11. The molecule has 2 rings (SSSR count). The molecule has 1 fully saturated rings. The first-order chi connectivity index (χ1) is 15.5. The van der Waals surface area contributed by atoms with Crippen molar-refractivity contribution in [2.75, 3.05) is 40.5 Å². The lowest BCUT2D eigenvalue weighted by Crippen LogP contribution is -2.26. The van der Waals surface area contributed by atoms with Crippen molar-refractivity contribution >= 4 is 15.9 Å². The average Bonchev–Trinajstić information content (AvgIpc) is 3.65. The van der Waals surface area contributed by atoms with Crippen molar-refractivity contribution in [3.8, 4) is 5.88 Å². The predicted octanol–water partition coefficient (Wildman–Crippen LogP) is 4.94. The fourth-order valence-electron chi connectivity index (χ4n) is 2.47. The summed E-state index contributed by atoms with van der Waals surface area (Å²) < 4.78 is 17.2. The molecule has 8 heteroatoms. The van der Waals surface area contributed by atoms with E-state index in [4.69, 9.17) is 25.8 Å². The van der Waals surface area contributed by atoms with Gasteiger partial charge in [0, 0.05) is 49.8 Å². The lowest BCUT2D eigenvalue weighted by molar-refractivity contribution is 0.0255. The molecule has 32 heavy (non-hydrogen) atoms. The van der Waals surface area contributed by atoms with Gasteiger partial charge in [0.1, 0.15) is 12.7 Å². The van der Waals surface area contributed by atoms with E-state index in [1.165, 1.54) is 12.8 Å². The molecule has 1 saturated carbocycles. The highest BCUT2D eigenvalue weighted by atomic mass is 79.9. The third-order valence-corrected chi connectivity index (χ3v) is 5.46. The lowest BCUT2D eigenvalue weighted by atomic mass is 10.1. The fraction of sp³-hybridized carbons (Fsp3) is 0.625. The summed E-state index contributed by atoms with van der Waals surface area (Å²) in [4.78, 5) is 4.25. The first-order valence-corrected chi connectivity index (χ1v) is 12.1. The number of aromatic nitrogens is 1. The topological polar surface area (TPSA) is 95.9 Å². The number of rotatable bonds is 12. The molecule has 7 nitrogen and oxygen atoms in total. The van der Waals surface area contributed by atoms with Crippen LogP contribution in [0.3, 0.4) is 0 Å². The minimum absolute atomic E-state index is 0.206. The second-order valence-corrected chi connectivity index (χ2v) is 8.15. The fourth-order valence-corrected chi connectivity index (χ4v) is 2.75. The van der Waals surface area contributed by atoms with Gasteiger partial charge in [-0.1, -0.05) is 42.8 Å². The average molecular weight is 516 g/mol. The first kappa shape index (κ1) is 30.6. The molecule has 1 aromatic heterocycles. The molecule has 0 aromatic carbocycles. The van der Waals surface area contributed by atoms with Crippen molar-refractivity contribution in [1.82, 2.24) is 9.99 Å². The molecule has 1 heterocycles. The Bertz CT molecular complexity index is 666. The van der Waals surface area contributed by atoms with Crippen molar-refractivity contribution in [3.63, 3.8) is 0 Å². The van der Waals surface area contributed by atoms with Gasteiger partial charge in [-0.2, -0.15) is 0 Å². The number of ether oxygens (including phenoxy) is 3. The summed E-state index contributed by atoms with van der Waals surface area (Å²) in [5, 5.41) is 1.79. The van der Waals surface area contributed by atoms with E-state index in [1.54, 1.807) is 25.4 Å². The standard InChI is InChI=1S/C14H21BrN2O3.C8H16N2.C2H6/c1-10(7-16)12(15)8-20-14-11(5-4-6-17-14)13(19-3)9-18-2;1-2-3-6-10(9)7-8-4-5-8;1-2/h4-6,13H,7-9,16H2,1-3H3;3,6,8H,2,4-5,7,9H2,1H3;1-2H3/b12-10-;6-3+;. The summed E-state index contributed by atoms with van der Waals surface area (Å²) in [6.45, 7) is 10.4. The van der Waals surface area contributed by atoms with Crippen LogP contribution >= 0.6 is 15.9 Å². The number of pyridine rings is 1. The molecular formula is C24H43BrN4O3. The van der Waals surface area contributed by atoms with Crippen LogP contribution < -0.4 is 16.3 Å². The number of hydrogen-bond acceptors (Lipinski definition) is 7. The Balaban J connectivity index is 0.000000668. The van der Waals surface area contributed by atoms with Crippen LogP contribution in [0.2, 0.25) is 0 Å². The SMILES string of the molecule is CC.CC/C=C/N(N)CC1CC1.COCC(OC)c1cccnc1OC/C(Br)=C(\C)CN. The minimum Gasteiger partial charge on any atom is -0.472 e. The van der Waals surface area contributed by atoms with Gasteiger partial charge in [0.2, 0.25) is 5.88 Å². The number of methoxy groups -OCH3 is 2. The van der Waals surface area contributed by atoms with Gasteiger partial charge in [-0.15, -0.1) is 0 Å². The molecule has 1 atom stereocenters. The van der Waals surface area contributed by atoms with E-state index < -0.39 is 0 Å². The van der Waals surface area contributed by atoms with E-state index in [1.807, 2.05) is 39.1 Å². The monoisotopic (exact) mass is 514 g/mol. The van der Waals surface area contributed by atoms with Gasteiger partial charge in [0.05, 0.1) is 6.61 Å². The van der Waals surface area contributed by atoms with Gasteiger partial charge < -0.3 is 25.0 Å². The van der Waals surface area contributed by atoms with Crippen molar-refractivity contribution in [1.29, 1.82) is 0 Å². The van der Waals surface area contributed by atoms with Crippen LogP contribution in [0.4, 0.5) is 0 Å². The van der Waals surface area contributed by atoms with Gasteiger partial charge in [-0.3, -0.25) is 0 Å². The molecule has 0 amide bonds. The van der Waals surface area contributed by atoms with Crippen molar-refractivity contribution in [2.45, 2.75) is 53.1 Å². The number of halogens is 1. The highest BCUT2D eigenvalue weighted by Gasteiger charge is 2.22. The van der Waals surface area contributed by atoms with E-state index in [-0.39, 0.29) is 6.10 Å². The van der Waals surface area contributed by atoms with Gasteiger partial charge >= 0.3 is 0 Å². The lowest BCUT2D eigenvalue weighted by Gasteiger charge is -2.17. The third kappa shape index (κ3) is 13.2. The molecule has 1 aromatic rings. The Morgan fingerprint density at radius 2 is 2.03 bits per heavy atom. The van der Waals surface area contributed by atoms with Crippen LogP contribution in [-0.4, -0.2) is 50.5 Å². The number of hydrogen-bond donors (Lipinski definition) is 2. The minimum atomic E-state index is -0.206. The van der Waals surface area contributed by atoms with E-state index >= 15 is 0 Å². The van der Waals surface area contributed by atoms with E-state index in [9.17, 15) is 0 Å². The van der Waals surface area contributed by atoms with Crippen LogP contribution in [0.25, 0.3) is 0 Å². The normalized spacial score (nSPS) is 14.5. The number of hydrazine groups is 1. The molecule has 0 saturated heterocycles. The number of nitrogens with two attached hydrogens (primary N) is 2. The summed E-state index contributed by atoms with van der Waals surface area (Å²) in [5.74, 6) is 7.07. The quantitative estimate of drug-likeness (QED) is 0.301. The second kappa shape index (κ2) is 19.1. The molecule has 4 N–H and O–H groups in total. The molecule has 0 spiro atoms. The highest BCUT2D eigenvalue weighted by Crippen LogP contribution is 2.29. The molecule has 184 valence electrons. The summed E-state index contributed by atoms with van der Waals surface area (Å²) in [7, 11) is 3.27. The van der Waals surface area contributed by atoms with E-state index in [0.29, 0.717) is 25.6 Å².